The van der Waals surface area contributed by atoms with Crippen molar-refractivity contribution in [3.63, 3.8) is 0 Å². The van der Waals surface area contributed by atoms with Crippen molar-refractivity contribution >= 4 is 64.6 Å². The molecule has 0 bridgehead atoms. The van der Waals surface area contributed by atoms with Gasteiger partial charge < -0.3 is 0 Å². The summed E-state index contributed by atoms with van der Waals surface area (Å²) in [6, 6.07) is 153. The highest BCUT2D eigenvalue weighted by atomic mass is 14.3. The summed E-state index contributed by atoms with van der Waals surface area (Å²) in [5, 5.41) is 15.4. The first-order valence-corrected chi connectivity index (χ1v) is 35.2. The van der Waals surface area contributed by atoms with Crippen LogP contribution < -0.4 is 0 Å². The third-order valence-electron chi connectivity index (χ3n) is 20.0. The van der Waals surface area contributed by atoms with Crippen molar-refractivity contribution in [2.24, 2.45) is 0 Å². The standard InChI is InChI=1S/2C38H26.C26H18/c1-3-15-27(16-4-1)29-19-7-9-21-31(29)37-33-23-11-13-25-35(33)38(36-26-14-12-24-34(36)37)32-22-10-8-20-30(32)28-17-5-2-6-18-28;1-3-11-27(12-4-1)29-19-23-31(24-20-29)37-33-15-7-9-17-35(33)38(36-18-10-8-16-34(36)37)32-25-21-30(22-26-32)28-13-5-2-6-14-28;1-3-11-19(12-4-1)25-21-15-7-9-17-23(21)26(20-13-5-2-6-14-20)24-18-10-8-16-22(24)25/h2*1-26H;1-18H. The summed E-state index contributed by atoms with van der Waals surface area (Å²) in [6.45, 7) is 0. The Morgan fingerprint density at radius 1 is 0.0784 bits per heavy atom. The van der Waals surface area contributed by atoms with Crippen LogP contribution in [0, 0.1) is 0 Å². The van der Waals surface area contributed by atoms with Crippen molar-refractivity contribution in [2.75, 3.05) is 0 Å². The minimum Gasteiger partial charge on any atom is -0.0622 e. The fourth-order valence-electron chi connectivity index (χ4n) is 15.5. The number of hydrogen-bond acceptors (Lipinski definition) is 0. The highest BCUT2D eigenvalue weighted by molar-refractivity contribution is 6.25. The van der Waals surface area contributed by atoms with Crippen molar-refractivity contribution in [1.82, 2.24) is 0 Å². The summed E-state index contributed by atoms with van der Waals surface area (Å²) >= 11 is 0. The summed E-state index contributed by atoms with van der Waals surface area (Å²) in [5.41, 5.74) is 25.2. The van der Waals surface area contributed by atoms with E-state index in [1.54, 1.807) is 0 Å². The molecule has 0 saturated carbocycles. The molecule has 19 rings (SSSR count). The Kier molecular flexibility index (Phi) is 17.3. The average Bonchev–Trinajstić information content (AvgIpc) is 0.746. The lowest BCUT2D eigenvalue weighted by atomic mass is 9.82. The normalized spacial score (nSPS) is 11.1. The van der Waals surface area contributed by atoms with Gasteiger partial charge in [-0.1, -0.05) is 425 Å². The van der Waals surface area contributed by atoms with Gasteiger partial charge in [-0.2, -0.15) is 0 Å². The van der Waals surface area contributed by atoms with Gasteiger partial charge in [-0.3, -0.25) is 0 Å². The van der Waals surface area contributed by atoms with E-state index in [4.69, 9.17) is 0 Å². The predicted molar refractivity (Wildman–Crippen MR) is 439 cm³/mol. The Morgan fingerprint density at radius 2 is 0.216 bits per heavy atom. The van der Waals surface area contributed by atoms with Crippen LogP contribution >= 0.6 is 0 Å². The Morgan fingerprint density at radius 3 is 0.441 bits per heavy atom. The molecule has 0 nitrogen and oxygen atoms in total. The quantitative estimate of drug-likeness (QED) is 0.120. The topological polar surface area (TPSA) is 0 Å². The third kappa shape index (κ3) is 12.0. The van der Waals surface area contributed by atoms with Gasteiger partial charge in [0.15, 0.2) is 0 Å². The lowest BCUT2D eigenvalue weighted by molar-refractivity contribution is 1.60. The Hall–Kier alpha value is -13.3. The molecule has 0 amide bonds. The zero-order chi connectivity index (χ0) is 68.0. The van der Waals surface area contributed by atoms with Crippen molar-refractivity contribution in [1.29, 1.82) is 0 Å². The average molecular weight is 1300 g/mol. The second kappa shape index (κ2) is 28.3. The van der Waals surface area contributed by atoms with Gasteiger partial charge in [-0.25, -0.2) is 0 Å². The molecule has 0 radical (unpaired) electrons. The molecule has 0 aliphatic carbocycles. The van der Waals surface area contributed by atoms with Gasteiger partial charge in [0.2, 0.25) is 0 Å². The molecular weight excluding hydrogens is 1230 g/mol. The molecular formula is C102H70. The Balaban J connectivity index is 0.000000116. The molecule has 0 aliphatic rings. The lowest BCUT2D eigenvalue weighted by Gasteiger charge is -2.21. The van der Waals surface area contributed by atoms with Gasteiger partial charge in [-0.15, -0.1) is 0 Å². The molecule has 0 aromatic heterocycles. The van der Waals surface area contributed by atoms with Crippen molar-refractivity contribution in [2.45, 2.75) is 0 Å². The van der Waals surface area contributed by atoms with E-state index < -0.39 is 0 Å². The molecule has 0 N–H and O–H groups in total. The van der Waals surface area contributed by atoms with E-state index in [1.165, 1.54) is 176 Å². The maximum Gasteiger partial charge on any atom is -0.00201 e. The highest BCUT2D eigenvalue weighted by Gasteiger charge is 2.22. The van der Waals surface area contributed by atoms with Crippen LogP contribution in [-0.2, 0) is 0 Å². The fraction of sp³-hybridized carbons (Fsp3) is 0. The van der Waals surface area contributed by atoms with Gasteiger partial charge in [0.1, 0.15) is 0 Å². The summed E-state index contributed by atoms with van der Waals surface area (Å²) < 4.78 is 0. The number of hydrogen-bond donors (Lipinski definition) is 0. The Bertz CT molecular complexity index is 5610. The zero-order valence-electron chi connectivity index (χ0n) is 56.4. The monoisotopic (exact) mass is 1290 g/mol. The summed E-state index contributed by atoms with van der Waals surface area (Å²) in [5.74, 6) is 0. The van der Waals surface area contributed by atoms with Crippen LogP contribution in [0.4, 0.5) is 0 Å². The first-order chi connectivity index (χ1) is 50.7. The smallest absolute Gasteiger partial charge is 0.00201 e. The van der Waals surface area contributed by atoms with Crippen LogP contribution in [0.5, 0.6) is 0 Å². The third-order valence-corrected chi connectivity index (χ3v) is 20.0. The van der Waals surface area contributed by atoms with Crippen LogP contribution in [-0.4, -0.2) is 0 Å². The SMILES string of the molecule is c1ccc(-c2c3ccccc3c(-c3ccccc3)c3ccccc23)cc1.c1ccc(-c2ccc(-c3c4ccccc4c(-c4ccc(-c5ccccc5)cc4)c4ccccc34)cc2)cc1.c1ccc(-c2ccccc2-c2c3ccccc3c(-c3ccccc3-c3ccccc3)c3ccccc23)cc1. The van der Waals surface area contributed by atoms with Gasteiger partial charge in [0.25, 0.3) is 0 Å². The van der Waals surface area contributed by atoms with Crippen LogP contribution in [0.25, 0.3) is 176 Å². The van der Waals surface area contributed by atoms with Crippen LogP contribution in [0.15, 0.2) is 425 Å². The molecule has 19 aromatic carbocycles. The first kappa shape index (κ1) is 62.3. The van der Waals surface area contributed by atoms with E-state index >= 15 is 0 Å². The molecule has 0 heteroatoms. The molecule has 0 heterocycles. The molecule has 0 unspecified atom stereocenters. The van der Waals surface area contributed by atoms with Crippen molar-refractivity contribution < 1.29 is 0 Å². The molecule has 19 aromatic rings. The molecule has 0 atom stereocenters. The molecule has 0 saturated heterocycles. The fourth-order valence-corrected chi connectivity index (χ4v) is 15.5. The maximum absolute atomic E-state index is 2.29. The van der Waals surface area contributed by atoms with E-state index in [2.05, 4.69) is 425 Å². The molecule has 0 spiro atoms. The van der Waals surface area contributed by atoms with Gasteiger partial charge in [0, 0.05) is 0 Å². The molecule has 478 valence electrons. The predicted octanol–water partition coefficient (Wildman–Crippen LogP) is 28.6. The number of benzene rings is 19. The number of rotatable bonds is 10. The van der Waals surface area contributed by atoms with Gasteiger partial charge in [0.05, 0.1) is 0 Å². The lowest BCUT2D eigenvalue weighted by Crippen LogP contribution is -1.93. The van der Waals surface area contributed by atoms with Crippen molar-refractivity contribution in [3.8, 4) is 111 Å². The summed E-state index contributed by atoms with van der Waals surface area (Å²) in [6.07, 6.45) is 0. The van der Waals surface area contributed by atoms with Gasteiger partial charge in [-0.05, 0) is 176 Å². The Labute approximate surface area is 596 Å². The van der Waals surface area contributed by atoms with Crippen LogP contribution in [0.3, 0.4) is 0 Å². The zero-order valence-corrected chi connectivity index (χ0v) is 56.4. The first-order valence-electron chi connectivity index (χ1n) is 35.2. The van der Waals surface area contributed by atoms with Crippen molar-refractivity contribution in [3.05, 3.63) is 425 Å². The second-order valence-electron chi connectivity index (χ2n) is 26.0. The summed E-state index contributed by atoms with van der Waals surface area (Å²) in [7, 11) is 0. The largest absolute Gasteiger partial charge is 0.0622 e. The minimum atomic E-state index is 1.23. The van der Waals surface area contributed by atoms with E-state index in [1.807, 2.05) is 0 Å². The summed E-state index contributed by atoms with van der Waals surface area (Å²) in [4.78, 5) is 0. The minimum absolute atomic E-state index is 1.23. The van der Waals surface area contributed by atoms with Crippen LogP contribution in [0.2, 0.25) is 0 Å². The number of fused-ring (bicyclic) bond motifs is 6. The molecule has 0 aliphatic heterocycles. The van der Waals surface area contributed by atoms with E-state index in [0.717, 1.165) is 0 Å². The molecule has 102 heavy (non-hydrogen) atoms. The van der Waals surface area contributed by atoms with E-state index in [9.17, 15) is 0 Å². The van der Waals surface area contributed by atoms with Crippen LogP contribution in [0.1, 0.15) is 0 Å². The second-order valence-corrected chi connectivity index (χ2v) is 26.0. The highest BCUT2D eigenvalue weighted by Crippen LogP contribution is 2.50. The van der Waals surface area contributed by atoms with E-state index in [-0.39, 0.29) is 0 Å². The maximum atomic E-state index is 2.29. The van der Waals surface area contributed by atoms with Gasteiger partial charge >= 0.3 is 0 Å². The molecule has 0 fully saturated rings. The van der Waals surface area contributed by atoms with E-state index in [0.29, 0.717) is 0 Å².